The van der Waals surface area contributed by atoms with Crippen molar-refractivity contribution in [3.8, 4) is 0 Å². The number of rotatable bonds is 3. The smallest absolute Gasteiger partial charge is 0.309 e. The highest BCUT2D eigenvalue weighted by atomic mass is 16.4. The lowest BCUT2D eigenvalue weighted by molar-refractivity contribution is -0.155. The molecule has 2 aliphatic heterocycles. The van der Waals surface area contributed by atoms with Crippen LogP contribution in [-0.4, -0.2) is 47.6 Å². The lowest BCUT2D eigenvalue weighted by atomic mass is 9.74. The fourth-order valence-corrected chi connectivity index (χ4v) is 3.69. The van der Waals surface area contributed by atoms with Gasteiger partial charge in [0.2, 0.25) is 5.91 Å². The van der Waals surface area contributed by atoms with Gasteiger partial charge in [0.1, 0.15) is 0 Å². The van der Waals surface area contributed by atoms with E-state index in [1.54, 1.807) is 0 Å². The van der Waals surface area contributed by atoms with E-state index in [0.29, 0.717) is 32.4 Å². The summed E-state index contributed by atoms with van der Waals surface area (Å²) in [6.07, 6.45) is 3.93. The summed E-state index contributed by atoms with van der Waals surface area (Å²) in [5, 5.41) is 12.8. The lowest BCUT2D eigenvalue weighted by Crippen LogP contribution is -2.58. The maximum Gasteiger partial charge on any atom is 0.309 e. The number of carbonyl (C=O) groups is 2. The van der Waals surface area contributed by atoms with Crippen LogP contribution >= 0.6 is 0 Å². The van der Waals surface area contributed by atoms with Gasteiger partial charge in [-0.2, -0.15) is 0 Å². The number of hydrogen-bond donors (Lipinski definition) is 2. The second kappa shape index (κ2) is 5.95. The number of aliphatic carboxylic acids is 1. The van der Waals surface area contributed by atoms with Crippen molar-refractivity contribution in [2.75, 3.05) is 19.6 Å². The van der Waals surface area contributed by atoms with Crippen LogP contribution in [0.4, 0.5) is 0 Å². The number of nitrogens with one attached hydrogen (secondary N) is 1. The summed E-state index contributed by atoms with van der Waals surface area (Å²) in [6, 6.07) is -0.134. The molecule has 1 unspecified atom stereocenters. The summed E-state index contributed by atoms with van der Waals surface area (Å²) in [7, 11) is 0. The summed E-state index contributed by atoms with van der Waals surface area (Å²) in [5.74, 6) is -0.567. The van der Waals surface area contributed by atoms with E-state index in [1.807, 2.05) is 11.8 Å². The van der Waals surface area contributed by atoms with Crippen LogP contribution in [0.5, 0.6) is 0 Å². The summed E-state index contributed by atoms with van der Waals surface area (Å²) >= 11 is 0. The maximum atomic E-state index is 12.8. The number of amides is 1. The zero-order valence-electron chi connectivity index (χ0n) is 13.4. The molecule has 2 N–H and O–H groups in total. The van der Waals surface area contributed by atoms with Crippen LogP contribution in [0.25, 0.3) is 0 Å². The van der Waals surface area contributed by atoms with E-state index < -0.39 is 11.4 Å². The number of carbonyl (C=O) groups excluding carboxylic acids is 1. The van der Waals surface area contributed by atoms with Gasteiger partial charge in [0.05, 0.1) is 11.5 Å². The number of hydrogen-bond acceptors (Lipinski definition) is 3. The minimum absolute atomic E-state index is 0.0264. The highest BCUT2D eigenvalue weighted by Crippen LogP contribution is 2.37. The summed E-state index contributed by atoms with van der Waals surface area (Å²) < 4.78 is 0. The molecule has 1 atom stereocenters. The number of likely N-dealkylation sites (tertiary alicyclic amines) is 1. The third-order valence-corrected chi connectivity index (χ3v) is 5.54. The molecule has 0 radical (unpaired) electrons. The average molecular weight is 296 g/mol. The average Bonchev–Trinajstić information content (AvgIpc) is 2.46. The Morgan fingerprint density at radius 1 is 1.24 bits per heavy atom. The fourth-order valence-electron chi connectivity index (χ4n) is 3.69. The quantitative estimate of drug-likeness (QED) is 0.834. The molecule has 2 saturated heterocycles. The first-order valence-corrected chi connectivity index (χ1v) is 8.08. The molecule has 2 fully saturated rings. The van der Waals surface area contributed by atoms with Gasteiger partial charge in [-0.1, -0.05) is 20.8 Å². The third kappa shape index (κ3) is 3.07. The van der Waals surface area contributed by atoms with Crippen molar-refractivity contribution in [3.63, 3.8) is 0 Å². The van der Waals surface area contributed by atoms with Crippen molar-refractivity contribution in [1.82, 2.24) is 10.2 Å². The van der Waals surface area contributed by atoms with Crippen LogP contribution in [0.3, 0.4) is 0 Å². The Morgan fingerprint density at radius 2 is 1.86 bits per heavy atom. The molecule has 0 saturated carbocycles. The van der Waals surface area contributed by atoms with Gasteiger partial charge in [-0.15, -0.1) is 0 Å². The molecule has 2 aliphatic rings. The summed E-state index contributed by atoms with van der Waals surface area (Å²) in [4.78, 5) is 26.1. The van der Waals surface area contributed by atoms with Crippen LogP contribution in [0.1, 0.15) is 52.9 Å². The van der Waals surface area contributed by atoms with E-state index in [4.69, 9.17) is 0 Å². The van der Waals surface area contributed by atoms with Crippen LogP contribution in [0.2, 0.25) is 0 Å². The molecule has 0 aromatic carbocycles. The SMILES string of the molecule is CCC1(C(=O)O)CCN(C(=O)C2NCCCC2(C)C)CC1. The second-order valence-corrected chi connectivity index (χ2v) is 7.24. The van der Waals surface area contributed by atoms with Crippen molar-refractivity contribution in [2.45, 2.75) is 58.9 Å². The highest BCUT2D eigenvalue weighted by Gasteiger charge is 2.44. The van der Waals surface area contributed by atoms with Crippen molar-refractivity contribution >= 4 is 11.9 Å². The monoisotopic (exact) mass is 296 g/mol. The molecule has 0 aromatic rings. The lowest BCUT2D eigenvalue weighted by Gasteiger charge is -2.44. The van der Waals surface area contributed by atoms with Crippen molar-refractivity contribution in [1.29, 1.82) is 0 Å². The second-order valence-electron chi connectivity index (χ2n) is 7.24. The van der Waals surface area contributed by atoms with Crippen LogP contribution in [0.15, 0.2) is 0 Å². The first-order valence-electron chi connectivity index (χ1n) is 8.08. The molecule has 5 heteroatoms. The van der Waals surface area contributed by atoms with Gasteiger partial charge in [0.25, 0.3) is 0 Å². The van der Waals surface area contributed by atoms with Gasteiger partial charge in [-0.3, -0.25) is 9.59 Å². The molecule has 120 valence electrons. The van der Waals surface area contributed by atoms with Gasteiger partial charge < -0.3 is 15.3 Å². The van der Waals surface area contributed by atoms with E-state index in [2.05, 4.69) is 19.2 Å². The predicted molar refractivity (Wildman–Crippen MR) is 81.0 cm³/mol. The van der Waals surface area contributed by atoms with Gasteiger partial charge in [-0.25, -0.2) is 0 Å². The first-order chi connectivity index (χ1) is 9.82. The molecule has 2 heterocycles. The topological polar surface area (TPSA) is 69.6 Å². The molecule has 2 rings (SSSR count). The molecule has 0 bridgehead atoms. The largest absolute Gasteiger partial charge is 0.481 e. The third-order valence-electron chi connectivity index (χ3n) is 5.54. The standard InChI is InChI=1S/C16H28N2O3/c1-4-16(14(20)21)7-10-18(11-8-16)13(19)12-15(2,3)6-5-9-17-12/h12,17H,4-11H2,1-3H3,(H,20,21). The van der Waals surface area contributed by atoms with Gasteiger partial charge in [0.15, 0.2) is 0 Å². The molecule has 5 nitrogen and oxygen atoms in total. The first kappa shape index (κ1) is 16.3. The fraction of sp³-hybridized carbons (Fsp3) is 0.875. The molecule has 1 amide bonds. The van der Waals surface area contributed by atoms with Crippen molar-refractivity contribution in [2.24, 2.45) is 10.8 Å². The Hall–Kier alpha value is -1.10. The van der Waals surface area contributed by atoms with E-state index in [0.717, 1.165) is 19.4 Å². The molecular weight excluding hydrogens is 268 g/mol. The molecule has 0 aliphatic carbocycles. The molecule has 0 aromatic heterocycles. The molecule has 21 heavy (non-hydrogen) atoms. The van der Waals surface area contributed by atoms with Crippen molar-refractivity contribution in [3.05, 3.63) is 0 Å². The van der Waals surface area contributed by atoms with Gasteiger partial charge >= 0.3 is 5.97 Å². The minimum Gasteiger partial charge on any atom is -0.481 e. The van der Waals surface area contributed by atoms with Crippen LogP contribution in [-0.2, 0) is 9.59 Å². The predicted octanol–water partition coefficient (Wildman–Crippen LogP) is 1.87. The summed E-state index contributed by atoms with van der Waals surface area (Å²) in [5.41, 5.74) is -0.659. The Bertz CT molecular complexity index is 412. The van der Waals surface area contributed by atoms with Crippen LogP contribution < -0.4 is 5.32 Å². The van der Waals surface area contributed by atoms with E-state index >= 15 is 0 Å². The number of nitrogens with zero attached hydrogens (tertiary/aromatic N) is 1. The Kier molecular flexibility index (Phi) is 4.61. The summed E-state index contributed by atoms with van der Waals surface area (Å²) in [6.45, 7) is 8.22. The Balaban J connectivity index is 2.01. The zero-order chi connectivity index (χ0) is 15.7. The highest BCUT2D eigenvalue weighted by molar-refractivity contribution is 5.83. The van der Waals surface area contributed by atoms with E-state index in [-0.39, 0.29) is 17.4 Å². The van der Waals surface area contributed by atoms with E-state index in [1.165, 1.54) is 0 Å². The van der Waals surface area contributed by atoms with Crippen molar-refractivity contribution < 1.29 is 14.7 Å². The van der Waals surface area contributed by atoms with Gasteiger partial charge in [-0.05, 0) is 44.1 Å². The zero-order valence-corrected chi connectivity index (χ0v) is 13.4. The van der Waals surface area contributed by atoms with Crippen LogP contribution in [0, 0.1) is 10.8 Å². The number of piperidine rings is 2. The maximum absolute atomic E-state index is 12.8. The molecular formula is C16H28N2O3. The van der Waals surface area contributed by atoms with E-state index in [9.17, 15) is 14.7 Å². The normalized spacial score (nSPS) is 28.1. The number of carboxylic acid groups (broad SMARTS) is 1. The van der Waals surface area contributed by atoms with Gasteiger partial charge in [0, 0.05) is 13.1 Å². The number of carboxylic acids is 1. The Labute approximate surface area is 127 Å². The Morgan fingerprint density at radius 3 is 2.33 bits per heavy atom. The minimum atomic E-state index is -0.715. The molecule has 0 spiro atoms.